The molecule has 28 heavy (non-hydrogen) atoms. The molecule has 1 N–H and O–H groups in total. The molecule has 0 saturated carbocycles. The Morgan fingerprint density at radius 2 is 1.39 bits per heavy atom. The molecule has 0 fully saturated rings. The first-order valence-electron chi connectivity index (χ1n) is 9.42. The zero-order valence-corrected chi connectivity index (χ0v) is 17.7. The Kier molecular flexibility index (Phi) is 9.19. The summed E-state index contributed by atoms with van der Waals surface area (Å²) >= 11 is 5.25. The standard InChI is InChI=1S/C21H27F2O3PS/c1-2-3-6-15-20(24)21(22,23)27(28,25-16-18-11-7-4-8-12-18)26-17-19-13-9-5-10-14-19/h4-5,7-14,20,24H,2-3,6,15-17H2,1H3. The molecule has 0 aliphatic carbocycles. The monoisotopic (exact) mass is 428 g/mol. The van der Waals surface area contributed by atoms with E-state index in [0.29, 0.717) is 6.42 Å². The number of benzene rings is 2. The first-order valence-corrected chi connectivity index (χ1v) is 12.1. The van der Waals surface area contributed by atoms with Crippen LogP contribution in [0.1, 0.15) is 43.7 Å². The summed E-state index contributed by atoms with van der Waals surface area (Å²) < 4.78 is 41.3. The molecule has 0 heterocycles. The van der Waals surface area contributed by atoms with Gasteiger partial charge in [0.2, 0.25) is 0 Å². The van der Waals surface area contributed by atoms with Crippen molar-refractivity contribution in [3.05, 3.63) is 71.8 Å². The summed E-state index contributed by atoms with van der Waals surface area (Å²) in [6.07, 6.45) is 0.215. The minimum absolute atomic E-state index is 0.0391. The molecule has 1 unspecified atom stereocenters. The second-order valence-electron chi connectivity index (χ2n) is 6.61. The third-order valence-corrected chi connectivity index (χ3v) is 7.66. The second-order valence-corrected chi connectivity index (χ2v) is 10.2. The van der Waals surface area contributed by atoms with E-state index < -0.39 is 18.3 Å². The van der Waals surface area contributed by atoms with Crippen molar-refractivity contribution in [3.63, 3.8) is 0 Å². The molecule has 0 saturated heterocycles. The third kappa shape index (κ3) is 6.43. The minimum atomic E-state index is -4.11. The highest BCUT2D eigenvalue weighted by Gasteiger charge is 2.54. The third-order valence-electron chi connectivity index (χ3n) is 4.34. The van der Waals surface area contributed by atoms with Crippen molar-refractivity contribution >= 4 is 18.3 Å². The zero-order chi connectivity index (χ0) is 20.5. The molecule has 2 rings (SSSR count). The predicted octanol–water partition coefficient (Wildman–Crippen LogP) is 6.26. The summed E-state index contributed by atoms with van der Waals surface area (Å²) in [6.45, 7) is -2.32. The smallest absolute Gasteiger partial charge is 0.345 e. The van der Waals surface area contributed by atoms with E-state index in [1.165, 1.54) is 0 Å². The van der Waals surface area contributed by atoms with Gasteiger partial charge in [-0.15, -0.1) is 0 Å². The van der Waals surface area contributed by atoms with Gasteiger partial charge < -0.3 is 14.2 Å². The normalized spacial score (nSPS) is 13.4. The summed E-state index contributed by atoms with van der Waals surface area (Å²) in [4.78, 5) is 0. The maximum atomic E-state index is 15.1. The second kappa shape index (κ2) is 11.1. The average molecular weight is 428 g/mol. The van der Waals surface area contributed by atoms with Gasteiger partial charge in [0.15, 0.2) is 0 Å². The number of rotatable bonds is 12. The maximum absolute atomic E-state index is 15.1. The van der Waals surface area contributed by atoms with Gasteiger partial charge in [-0.2, -0.15) is 8.78 Å². The summed E-state index contributed by atoms with van der Waals surface area (Å²) in [5, 5.41) is 10.2. The van der Waals surface area contributed by atoms with Crippen LogP contribution >= 0.6 is 6.49 Å². The highest BCUT2D eigenvalue weighted by molar-refractivity contribution is 8.10. The molecule has 3 nitrogen and oxygen atoms in total. The molecule has 154 valence electrons. The quantitative estimate of drug-likeness (QED) is 0.320. The summed E-state index contributed by atoms with van der Waals surface area (Å²) in [6, 6.07) is 17.9. The van der Waals surface area contributed by atoms with Gasteiger partial charge in [0.05, 0.1) is 13.2 Å². The first-order chi connectivity index (χ1) is 13.4. The lowest BCUT2D eigenvalue weighted by Crippen LogP contribution is -2.34. The van der Waals surface area contributed by atoms with Gasteiger partial charge in [0.25, 0.3) is 6.49 Å². The molecule has 0 bridgehead atoms. The average Bonchev–Trinajstić information content (AvgIpc) is 2.72. The van der Waals surface area contributed by atoms with E-state index >= 15 is 8.78 Å². The van der Waals surface area contributed by atoms with Crippen LogP contribution in [0.15, 0.2) is 60.7 Å². The lowest BCUT2D eigenvalue weighted by atomic mass is 10.1. The molecule has 0 spiro atoms. The van der Waals surface area contributed by atoms with Gasteiger partial charge in [0, 0.05) is 0 Å². The Morgan fingerprint density at radius 1 is 0.929 bits per heavy atom. The molecule has 0 aliphatic heterocycles. The first kappa shape index (κ1) is 23.1. The van der Waals surface area contributed by atoms with Crippen LogP contribution in [0.2, 0.25) is 0 Å². The van der Waals surface area contributed by atoms with Gasteiger partial charge in [-0.1, -0.05) is 86.8 Å². The minimum Gasteiger partial charge on any atom is -0.386 e. The summed E-state index contributed by atoms with van der Waals surface area (Å²) in [5.74, 6) is 0. The van der Waals surface area contributed by atoms with E-state index in [2.05, 4.69) is 0 Å². The van der Waals surface area contributed by atoms with Crippen molar-refractivity contribution in [1.82, 2.24) is 0 Å². The fourth-order valence-electron chi connectivity index (χ4n) is 2.62. The van der Waals surface area contributed by atoms with Crippen LogP contribution in [0.25, 0.3) is 0 Å². The number of aliphatic hydroxyl groups is 1. The van der Waals surface area contributed by atoms with Crippen molar-refractivity contribution in [2.45, 2.75) is 57.6 Å². The van der Waals surface area contributed by atoms with Crippen LogP contribution in [-0.4, -0.2) is 16.9 Å². The maximum Gasteiger partial charge on any atom is 0.345 e. The van der Waals surface area contributed by atoms with Crippen molar-refractivity contribution in [2.75, 3.05) is 0 Å². The number of halogens is 2. The van der Waals surface area contributed by atoms with Crippen LogP contribution in [-0.2, 0) is 34.1 Å². The van der Waals surface area contributed by atoms with Gasteiger partial charge >= 0.3 is 5.66 Å². The van der Waals surface area contributed by atoms with E-state index in [4.69, 9.17) is 20.9 Å². The molecule has 0 aliphatic rings. The Morgan fingerprint density at radius 3 is 1.82 bits per heavy atom. The van der Waals surface area contributed by atoms with Crippen LogP contribution in [0.5, 0.6) is 0 Å². The number of hydrogen-bond acceptors (Lipinski definition) is 4. The molecule has 0 aromatic heterocycles. The van der Waals surface area contributed by atoms with E-state index in [9.17, 15) is 5.11 Å². The van der Waals surface area contributed by atoms with Crippen LogP contribution in [0.4, 0.5) is 8.78 Å². The number of alkyl halides is 2. The molecule has 1 atom stereocenters. The molecule has 0 amide bonds. The Balaban J connectivity index is 2.16. The van der Waals surface area contributed by atoms with E-state index in [1.807, 2.05) is 19.1 Å². The Hall–Kier alpha value is -1.17. The summed E-state index contributed by atoms with van der Waals surface area (Å²) in [5.41, 5.74) is -2.20. The van der Waals surface area contributed by atoms with E-state index in [0.717, 1.165) is 24.0 Å². The molecule has 2 aromatic rings. The zero-order valence-electron chi connectivity index (χ0n) is 16.0. The van der Waals surface area contributed by atoms with Crippen molar-refractivity contribution in [1.29, 1.82) is 0 Å². The Labute approximate surface area is 170 Å². The lowest BCUT2D eigenvalue weighted by Gasteiger charge is -2.33. The SMILES string of the molecule is CCCCCC(O)C(F)(F)P(=S)(OCc1ccccc1)OCc1ccccc1. The number of unbranched alkanes of at least 4 members (excludes halogenated alkanes) is 2. The topological polar surface area (TPSA) is 38.7 Å². The van der Waals surface area contributed by atoms with Gasteiger partial charge in [-0.05, 0) is 29.4 Å². The molecular formula is C21H27F2O3PS. The predicted molar refractivity (Wildman–Crippen MR) is 112 cm³/mol. The molecule has 0 radical (unpaired) electrons. The van der Waals surface area contributed by atoms with Gasteiger partial charge in [-0.3, -0.25) is 0 Å². The number of aliphatic hydroxyl groups excluding tert-OH is 1. The highest BCUT2D eigenvalue weighted by Crippen LogP contribution is 2.65. The van der Waals surface area contributed by atoms with E-state index in [-0.39, 0.29) is 19.6 Å². The molecular weight excluding hydrogens is 401 g/mol. The van der Waals surface area contributed by atoms with Crippen molar-refractivity contribution in [3.8, 4) is 0 Å². The fraction of sp³-hybridized carbons (Fsp3) is 0.429. The molecule has 7 heteroatoms. The van der Waals surface area contributed by atoms with Gasteiger partial charge in [-0.25, -0.2) is 0 Å². The van der Waals surface area contributed by atoms with Crippen molar-refractivity contribution in [2.24, 2.45) is 0 Å². The Bertz CT molecular complexity index is 696. The lowest BCUT2D eigenvalue weighted by molar-refractivity contribution is -0.0627. The summed E-state index contributed by atoms with van der Waals surface area (Å²) in [7, 11) is 0. The molecule has 2 aromatic carbocycles. The van der Waals surface area contributed by atoms with Crippen molar-refractivity contribution < 1.29 is 22.9 Å². The van der Waals surface area contributed by atoms with Crippen LogP contribution < -0.4 is 0 Å². The largest absolute Gasteiger partial charge is 0.386 e. The number of hydrogen-bond donors (Lipinski definition) is 1. The van der Waals surface area contributed by atoms with Crippen LogP contribution in [0, 0.1) is 0 Å². The van der Waals surface area contributed by atoms with Crippen LogP contribution in [0.3, 0.4) is 0 Å². The highest BCUT2D eigenvalue weighted by atomic mass is 32.5. The van der Waals surface area contributed by atoms with Gasteiger partial charge in [0.1, 0.15) is 6.10 Å². The fourth-order valence-corrected chi connectivity index (χ4v) is 4.85. The van der Waals surface area contributed by atoms with E-state index in [1.54, 1.807) is 48.5 Å².